The van der Waals surface area contributed by atoms with E-state index in [9.17, 15) is 19.2 Å². The average Bonchev–Trinajstić information content (AvgIpc) is 1.61. The van der Waals surface area contributed by atoms with Crippen molar-refractivity contribution < 1.29 is 35.6 Å². The Balaban J connectivity index is -0.000000356. The topological polar surface area (TPSA) is 172 Å². The second kappa shape index (κ2) is 56.9. The molecule has 1 amide bonds. The number of nitrogens with one attached hydrogen (secondary N) is 2. The van der Waals surface area contributed by atoms with Crippen LogP contribution in [0.3, 0.4) is 0 Å². The summed E-state index contributed by atoms with van der Waals surface area (Å²) in [6.07, 6.45) is 16.8. The molecule has 0 radical (unpaired) electrons. The van der Waals surface area contributed by atoms with Crippen molar-refractivity contribution in [3.8, 4) is 0 Å². The fourth-order valence-corrected chi connectivity index (χ4v) is 53.3. The monoisotopic (exact) mass is 1800 g/mol. The molecular formula is C63H132Cl5N5O8S8Si10. The molecule has 0 fully saturated rings. The first-order chi connectivity index (χ1) is 44.3. The molecule has 4 aromatic rings. The highest BCUT2D eigenvalue weighted by Crippen LogP contribution is 2.31. The van der Waals surface area contributed by atoms with Crippen LogP contribution in [-0.4, -0.2) is 164 Å². The molecule has 0 saturated heterocycles. The zero-order chi connectivity index (χ0) is 75.4. The van der Waals surface area contributed by atoms with Crippen molar-refractivity contribution in [2.24, 2.45) is 0 Å². The Bertz CT molecular complexity index is 2670. The number of amides is 1. The summed E-state index contributed by atoms with van der Waals surface area (Å²) in [5.74, 6) is 0.912. The van der Waals surface area contributed by atoms with Crippen molar-refractivity contribution in [1.29, 1.82) is 0 Å². The van der Waals surface area contributed by atoms with E-state index < -0.39 is 81.3 Å². The molecule has 36 heteroatoms. The van der Waals surface area contributed by atoms with E-state index in [4.69, 9.17) is 85.6 Å². The molecule has 4 aromatic heterocycles. The van der Waals surface area contributed by atoms with Crippen LogP contribution in [0, 0.1) is 3.95 Å². The Kier molecular flexibility index (Phi) is 62.8. The van der Waals surface area contributed by atoms with Crippen molar-refractivity contribution >= 4 is 254 Å². The quantitative estimate of drug-likeness (QED) is 0.0108. The number of Topliss-reactive ketones (excluding diaryl/α,β-unsaturated/α-hetero) is 3. The van der Waals surface area contributed by atoms with Gasteiger partial charge in [0.25, 0.3) is 0 Å². The number of thiazole rings is 4. The number of thioether (sulfide) groups is 3. The molecule has 4 heterocycles. The fraction of sp³-hybridized carbons (Fsp3) is 0.746. The third-order valence-electron chi connectivity index (χ3n) is 12.5. The van der Waals surface area contributed by atoms with Gasteiger partial charge in [0.05, 0.1) is 0 Å². The van der Waals surface area contributed by atoms with Crippen LogP contribution in [-0.2, 0) is 35.6 Å². The van der Waals surface area contributed by atoms with Gasteiger partial charge in [-0.25, -0.2) is 15.0 Å². The number of carbonyl (C=O) groups is 4. The van der Waals surface area contributed by atoms with Crippen LogP contribution in [0.1, 0.15) is 107 Å². The predicted octanol–water partition coefficient (Wildman–Crippen LogP) is 25.1. The first kappa shape index (κ1) is 109. The molecule has 0 aliphatic carbocycles. The van der Waals surface area contributed by atoms with Gasteiger partial charge in [-0.05, 0) is 188 Å². The van der Waals surface area contributed by atoms with Gasteiger partial charge in [-0.3, -0.25) is 4.79 Å². The normalized spacial score (nSPS) is 12.1. The van der Waals surface area contributed by atoms with E-state index in [0.29, 0.717) is 41.6 Å². The molecule has 0 saturated carbocycles. The van der Waals surface area contributed by atoms with Crippen LogP contribution in [0.25, 0.3) is 0 Å². The van der Waals surface area contributed by atoms with Gasteiger partial charge in [-0.1, -0.05) is 95.6 Å². The van der Waals surface area contributed by atoms with Crippen molar-refractivity contribution in [3.63, 3.8) is 0 Å². The number of aromatic nitrogens is 4. The molecule has 580 valence electrons. The van der Waals surface area contributed by atoms with Gasteiger partial charge in [0.15, 0.2) is 85.3 Å². The highest BCUT2D eigenvalue weighted by molar-refractivity contribution is 8.03. The fourth-order valence-electron chi connectivity index (χ4n) is 8.61. The Labute approximate surface area is 672 Å². The highest BCUT2D eigenvalue weighted by Gasteiger charge is 2.36. The van der Waals surface area contributed by atoms with Crippen LogP contribution in [0.4, 0.5) is 0 Å². The number of alkyl halides is 3. The molecule has 4 rings (SSSR count). The van der Waals surface area contributed by atoms with E-state index in [0.717, 1.165) is 109 Å². The van der Waals surface area contributed by atoms with Gasteiger partial charge in [-0.2, -0.15) is 22.2 Å². The zero-order valence-corrected chi connectivity index (χ0v) is 83.5. The van der Waals surface area contributed by atoms with Gasteiger partial charge in [0, 0.05) is 112 Å². The van der Waals surface area contributed by atoms with Gasteiger partial charge in [-0.15, -0.1) is 80.1 Å². The number of unbranched alkanes of at least 4 members (excludes halogenated alkanes) is 3. The maximum atomic E-state index is 11.0. The lowest BCUT2D eigenvalue weighted by molar-refractivity contribution is -0.119. The van der Waals surface area contributed by atoms with Crippen molar-refractivity contribution in [1.82, 2.24) is 25.3 Å². The largest absolute Gasteiger partial charge is 0.455 e. The van der Waals surface area contributed by atoms with Crippen LogP contribution in [0.15, 0.2) is 59.3 Å². The summed E-state index contributed by atoms with van der Waals surface area (Å²) in [4.78, 5) is 58.9. The summed E-state index contributed by atoms with van der Waals surface area (Å²) < 4.78 is 29.6. The smallest absolute Gasteiger partial charge is 0.216 e. The summed E-state index contributed by atoms with van der Waals surface area (Å²) in [5.41, 5.74) is 1.98. The maximum absolute atomic E-state index is 11.0. The van der Waals surface area contributed by atoms with E-state index in [1.807, 2.05) is 69.8 Å². The number of ketones is 3. The van der Waals surface area contributed by atoms with Gasteiger partial charge >= 0.3 is 0 Å². The van der Waals surface area contributed by atoms with Crippen LogP contribution < -0.4 is 5.32 Å². The van der Waals surface area contributed by atoms with E-state index in [-0.39, 0.29) is 32.3 Å². The molecule has 0 atom stereocenters. The lowest BCUT2D eigenvalue weighted by Gasteiger charge is -2.34. The molecule has 2 N–H and O–H groups in total. The minimum Gasteiger partial charge on any atom is -0.455 e. The van der Waals surface area contributed by atoms with Crippen molar-refractivity contribution in [3.05, 3.63) is 50.3 Å². The molecule has 0 aliphatic rings. The molecule has 0 bridgehead atoms. The number of hydrogen-bond acceptors (Lipinski definition) is 19. The lowest BCUT2D eigenvalue weighted by atomic mass is 10.2. The van der Waals surface area contributed by atoms with E-state index in [1.54, 1.807) is 66.5 Å². The SMILES string of the molecule is C.C.CC(=O)CCCC[Si](C)(C)O[Si](C)(C)CCCCC(C)=O.CC(=O)CCCC[Si](C)(C)O[Si](C)(C)CSc1nccs1.CC(=O)NCCC[Si](C)(C)Cl.C[Si](C)(CCl)O[Si](C)(C)CCl.C[Si](C)(CCl)O[Si](C)(C)CSc1nccs1.C[Si](C)(Cl)CSc1nccs1.S=c1[nH]ccs1. The summed E-state index contributed by atoms with van der Waals surface area (Å²) in [6.45, 7) is 51.6. The lowest BCUT2D eigenvalue weighted by Crippen LogP contribution is -2.47. The second-order valence-electron chi connectivity index (χ2n) is 29.8. The molecular weight excluding hydrogens is 1670 g/mol. The summed E-state index contributed by atoms with van der Waals surface area (Å²) >= 11 is 46.4. The van der Waals surface area contributed by atoms with Crippen LogP contribution in [0.2, 0.25) is 155 Å². The first-order valence-electron chi connectivity index (χ1n) is 33.1. The van der Waals surface area contributed by atoms with Crippen LogP contribution >= 0.6 is 150 Å². The Hall–Kier alpha value is 1.73. The summed E-state index contributed by atoms with van der Waals surface area (Å²) in [6, 6.07) is 4.50. The summed E-state index contributed by atoms with van der Waals surface area (Å²) in [7, 11) is -15.7. The summed E-state index contributed by atoms with van der Waals surface area (Å²) in [5, 5.41) is 13.8. The van der Waals surface area contributed by atoms with E-state index >= 15 is 0 Å². The second-order valence-corrected chi connectivity index (χ2v) is 89.9. The van der Waals surface area contributed by atoms with E-state index in [1.165, 1.54) is 18.3 Å². The minimum absolute atomic E-state index is 0. The molecule has 0 aliphatic heterocycles. The van der Waals surface area contributed by atoms with Gasteiger partial charge in [0.2, 0.25) is 5.91 Å². The number of aromatic amines is 1. The number of halogens is 5. The third kappa shape index (κ3) is 75.0. The highest BCUT2D eigenvalue weighted by atomic mass is 35.6. The third-order valence-corrected chi connectivity index (χ3v) is 61.4. The Morgan fingerprint density at radius 2 is 0.737 bits per heavy atom. The molecule has 99 heavy (non-hydrogen) atoms. The van der Waals surface area contributed by atoms with Crippen LogP contribution in [0.5, 0.6) is 0 Å². The number of nitrogens with zero attached hydrogens (tertiary/aromatic N) is 3. The number of carbonyl (C=O) groups excluding carboxylic acids is 4. The zero-order valence-electron chi connectivity index (χ0n) is 63.2. The number of H-pyrrole nitrogens is 1. The first-order valence-corrected chi connectivity index (χ1v) is 74.9. The molecule has 0 spiro atoms. The molecule has 13 nitrogen and oxygen atoms in total. The van der Waals surface area contributed by atoms with Crippen molar-refractivity contribution in [2.75, 3.05) is 39.2 Å². The van der Waals surface area contributed by atoms with Gasteiger partial charge < -0.3 is 41.1 Å². The minimum atomic E-state index is -1.65. The number of hydrogen-bond donors (Lipinski definition) is 2. The Morgan fingerprint density at radius 1 is 0.434 bits per heavy atom. The average molecular weight is 1800 g/mol. The van der Waals surface area contributed by atoms with Crippen molar-refractivity contribution in [2.45, 2.75) is 275 Å². The molecule has 0 aromatic carbocycles. The standard InChI is InChI=1S/C16H34O3Si2.C14H27NO2S2Si2.C9H18ClNOS2Si2.C7H16ClNOSi.C6H16Cl2OSi2.C6H10ClNS2Si.C3H3NS2.2CH4/c1-15(17)11-7-9-13-20(3,4)19-21(5,6)14-10-8-12-16(2)18;1-13(16)8-6-7-11-20(2,3)17-21(4,5)12-19-14-15-9-10-18-14;1-15(2,7-10)12-16(3,4)8-14-9-11-5-6-13-9;1-7(10)9-5-4-6-11(2,3)8;1-10(2,5-7)9-11(3,4)6-8;1-11(2,7)5-10-6-8-3-4-9-6;5-3-4-1-2-6-3;;/h7-14H2,1-6H3;9-10H,6-8,11-12H2,1-5H3;5-6H,7-8H2,1-4H3;4-6H2,1-3H3,(H,9,10);5-6H2,1-4H3;3-4H,5H2,1-2H3;1-2H,(H,4,5);2*1H4. The Morgan fingerprint density at radius 3 is 0.970 bits per heavy atom. The number of rotatable bonds is 39. The van der Waals surface area contributed by atoms with Gasteiger partial charge in [0.1, 0.15) is 30.4 Å². The predicted molar refractivity (Wildman–Crippen MR) is 481 cm³/mol. The van der Waals surface area contributed by atoms with E-state index in [2.05, 4.69) is 156 Å². The maximum Gasteiger partial charge on any atom is 0.216 e. The molecule has 0 unspecified atom stereocenters.